The minimum absolute atomic E-state index is 0.211. The zero-order valence-corrected chi connectivity index (χ0v) is 15.6. The van der Waals surface area contributed by atoms with E-state index in [4.69, 9.17) is 9.47 Å². The van der Waals surface area contributed by atoms with E-state index < -0.39 is 0 Å². The number of H-pyrrole nitrogens is 1. The lowest BCUT2D eigenvalue weighted by Gasteiger charge is -2.07. The van der Waals surface area contributed by atoms with Crippen LogP contribution in [0.15, 0.2) is 48.7 Å². The largest absolute Gasteiger partial charge is 0.493 e. The highest BCUT2D eigenvalue weighted by molar-refractivity contribution is 5.98. The van der Waals surface area contributed by atoms with Crippen molar-refractivity contribution in [3.63, 3.8) is 0 Å². The summed E-state index contributed by atoms with van der Waals surface area (Å²) in [7, 11) is 3.14. The molecule has 0 saturated heterocycles. The molecule has 0 spiro atoms. The number of aromatic amines is 1. The van der Waals surface area contributed by atoms with Crippen molar-refractivity contribution in [2.45, 2.75) is 6.54 Å². The van der Waals surface area contributed by atoms with Gasteiger partial charge in [0.15, 0.2) is 11.5 Å². The molecule has 0 saturated carbocycles. The highest BCUT2D eigenvalue weighted by atomic mass is 19.1. The van der Waals surface area contributed by atoms with E-state index in [-0.39, 0.29) is 11.7 Å². The van der Waals surface area contributed by atoms with Crippen LogP contribution in [0.2, 0.25) is 0 Å². The zero-order chi connectivity index (χ0) is 19.7. The Hall–Kier alpha value is -3.48. The number of methoxy groups -OCH3 is 2. The Kier molecular flexibility index (Phi) is 4.65. The predicted molar refractivity (Wildman–Crippen MR) is 106 cm³/mol. The van der Waals surface area contributed by atoms with Crippen molar-refractivity contribution in [2.75, 3.05) is 20.8 Å². The van der Waals surface area contributed by atoms with E-state index in [0.29, 0.717) is 30.3 Å². The summed E-state index contributed by atoms with van der Waals surface area (Å²) in [6, 6.07) is 12.0. The van der Waals surface area contributed by atoms with Gasteiger partial charge < -0.3 is 24.3 Å². The van der Waals surface area contributed by atoms with E-state index in [2.05, 4.69) is 10.3 Å². The maximum Gasteiger partial charge on any atom is 0.267 e. The summed E-state index contributed by atoms with van der Waals surface area (Å²) in [5.74, 6) is 0.709. The molecule has 0 radical (unpaired) electrons. The molecule has 4 aromatic rings. The second kappa shape index (κ2) is 7.26. The number of amides is 1. The average Bonchev–Trinajstić information content (AvgIpc) is 3.30. The molecule has 1 amide bonds. The Labute approximate surface area is 160 Å². The first-order chi connectivity index (χ1) is 13.6. The van der Waals surface area contributed by atoms with Crippen LogP contribution in [0.3, 0.4) is 0 Å². The number of carbonyl (C=O) groups is 1. The molecule has 0 atom stereocenters. The van der Waals surface area contributed by atoms with Gasteiger partial charge in [0, 0.05) is 36.3 Å². The number of rotatable bonds is 6. The third kappa shape index (κ3) is 3.26. The van der Waals surface area contributed by atoms with Crippen molar-refractivity contribution in [3.8, 4) is 11.5 Å². The standard InChI is InChI=1S/C21H20FN3O3/c1-27-19-10-14-9-17(24-16(14)12-20(19)28-2)21(26)23-6-8-25-7-5-13-3-4-15(22)11-18(13)25/h3-5,7,9-12,24H,6,8H2,1-2H3,(H,23,26). The van der Waals surface area contributed by atoms with Crippen LogP contribution in [0.5, 0.6) is 11.5 Å². The van der Waals surface area contributed by atoms with E-state index in [1.165, 1.54) is 12.1 Å². The SMILES string of the molecule is COc1cc2cc(C(=O)NCCn3ccc4ccc(F)cc43)[nH]c2cc1OC. The van der Waals surface area contributed by atoms with Crippen LogP contribution in [0.25, 0.3) is 21.8 Å². The molecule has 0 aliphatic heterocycles. The number of benzene rings is 2. The quantitative estimate of drug-likeness (QED) is 0.535. The predicted octanol–water partition coefficient (Wildman–Crippen LogP) is 3.71. The summed E-state index contributed by atoms with van der Waals surface area (Å²) in [4.78, 5) is 15.6. The van der Waals surface area contributed by atoms with Crippen molar-refractivity contribution in [1.29, 1.82) is 0 Å². The first-order valence-electron chi connectivity index (χ1n) is 8.86. The maximum absolute atomic E-state index is 13.5. The fraction of sp³-hybridized carbons (Fsp3) is 0.190. The summed E-state index contributed by atoms with van der Waals surface area (Å²) >= 11 is 0. The Balaban J connectivity index is 1.46. The van der Waals surface area contributed by atoms with Crippen LogP contribution in [-0.4, -0.2) is 36.2 Å². The molecule has 6 nitrogen and oxygen atoms in total. The fourth-order valence-corrected chi connectivity index (χ4v) is 3.32. The van der Waals surface area contributed by atoms with Gasteiger partial charge >= 0.3 is 0 Å². The summed E-state index contributed by atoms with van der Waals surface area (Å²) < 4.78 is 26.0. The molecule has 28 heavy (non-hydrogen) atoms. The van der Waals surface area contributed by atoms with Gasteiger partial charge in [0.1, 0.15) is 11.5 Å². The van der Waals surface area contributed by atoms with Gasteiger partial charge in [0.25, 0.3) is 5.91 Å². The summed E-state index contributed by atoms with van der Waals surface area (Å²) in [5, 5.41) is 4.71. The fourth-order valence-electron chi connectivity index (χ4n) is 3.32. The number of hydrogen-bond donors (Lipinski definition) is 2. The molecule has 0 fully saturated rings. The number of fused-ring (bicyclic) bond motifs is 2. The Morgan fingerprint density at radius 3 is 2.64 bits per heavy atom. The molecule has 2 N–H and O–H groups in total. The Morgan fingerprint density at radius 2 is 1.86 bits per heavy atom. The molecule has 7 heteroatoms. The molecular formula is C21H20FN3O3. The number of halogens is 1. The third-order valence-corrected chi connectivity index (χ3v) is 4.74. The van der Waals surface area contributed by atoms with Gasteiger partial charge in [-0.1, -0.05) is 0 Å². The van der Waals surface area contributed by atoms with E-state index in [9.17, 15) is 9.18 Å². The van der Waals surface area contributed by atoms with Crippen LogP contribution >= 0.6 is 0 Å². The second-order valence-corrected chi connectivity index (χ2v) is 6.45. The van der Waals surface area contributed by atoms with Crippen LogP contribution in [0, 0.1) is 5.82 Å². The highest BCUT2D eigenvalue weighted by Crippen LogP contribution is 2.32. The average molecular weight is 381 g/mol. The highest BCUT2D eigenvalue weighted by Gasteiger charge is 2.13. The summed E-state index contributed by atoms with van der Waals surface area (Å²) in [6.45, 7) is 0.960. The molecular weight excluding hydrogens is 361 g/mol. The lowest BCUT2D eigenvalue weighted by molar-refractivity contribution is 0.0948. The molecule has 4 rings (SSSR count). The minimum Gasteiger partial charge on any atom is -0.493 e. The Morgan fingerprint density at radius 1 is 1.07 bits per heavy atom. The topological polar surface area (TPSA) is 68.3 Å². The normalized spacial score (nSPS) is 11.1. The molecule has 2 aromatic heterocycles. The van der Waals surface area contributed by atoms with Crippen LogP contribution < -0.4 is 14.8 Å². The van der Waals surface area contributed by atoms with E-state index >= 15 is 0 Å². The van der Waals surface area contributed by atoms with Crippen LogP contribution in [-0.2, 0) is 6.54 Å². The zero-order valence-electron chi connectivity index (χ0n) is 15.6. The van der Waals surface area contributed by atoms with E-state index in [0.717, 1.165) is 21.8 Å². The summed E-state index contributed by atoms with van der Waals surface area (Å²) in [5.41, 5.74) is 2.04. The minimum atomic E-state index is -0.277. The first kappa shape index (κ1) is 17.9. The van der Waals surface area contributed by atoms with Crippen LogP contribution in [0.4, 0.5) is 4.39 Å². The molecule has 0 bridgehead atoms. The molecule has 2 heterocycles. The number of nitrogens with zero attached hydrogens (tertiary/aromatic N) is 1. The monoisotopic (exact) mass is 381 g/mol. The van der Waals surface area contributed by atoms with Gasteiger partial charge in [-0.2, -0.15) is 0 Å². The van der Waals surface area contributed by atoms with E-state index in [1.807, 2.05) is 22.9 Å². The Bertz CT molecular complexity index is 1120. The van der Waals surface area contributed by atoms with Crippen molar-refractivity contribution in [1.82, 2.24) is 14.9 Å². The van der Waals surface area contributed by atoms with Crippen molar-refractivity contribution < 1.29 is 18.7 Å². The number of carbonyl (C=O) groups excluding carboxylic acids is 1. The molecule has 0 aliphatic rings. The maximum atomic E-state index is 13.5. The van der Waals surface area contributed by atoms with Gasteiger partial charge in [-0.3, -0.25) is 4.79 Å². The molecule has 144 valence electrons. The van der Waals surface area contributed by atoms with Gasteiger partial charge in [-0.15, -0.1) is 0 Å². The van der Waals surface area contributed by atoms with Gasteiger partial charge in [-0.05, 0) is 41.8 Å². The lowest BCUT2D eigenvalue weighted by atomic mass is 10.2. The van der Waals surface area contributed by atoms with Crippen molar-refractivity contribution in [2.24, 2.45) is 0 Å². The smallest absolute Gasteiger partial charge is 0.267 e. The second-order valence-electron chi connectivity index (χ2n) is 6.45. The number of ether oxygens (including phenoxy) is 2. The molecule has 0 unspecified atom stereocenters. The third-order valence-electron chi connectivity index (χ3n) is 4.74. The van der Waals surface area contributed by atoms with Crippen molar-refractivity contribution >= 4 is 27.7 Å². The number of nitrogens with one attached hydrogen (secondary N) is 2. The van der Waals surface area contributed by atoms with Gasteiger partial charge in [-0.25, -0.2) is 4.39 Å². The van der Waals surface area contributed by atoms with Crippen molar-refractivity contribution in [3.05, 3.63) is 60.2 Å². The van der Waals surface area contributed by atoms with E-state index in [1.54, 1.807) is 32.4 Å². The van der Waals surface area contributed by atoms with Crippen LogP contribution in [0.1, 0.15) is 10.5 Å². The molecule has 2 aromatic carbocycles. The molecule has 0 aliphatic carbocycles. The summed E-state index contributed by atoms with van der Waals surface area (Å²) in [6.07, 6.45) is 1.89. The number of aromatic nitrogens is 2. The van der Waals surface area contributed by atoms with Gasteiger partial charge in [0.2, 0.25) is 0 Å². The number of hydrogen-bond acceptors (Lipinski definition) is 3. The van der Waals surface area contributed by atoms with Gasteiger partial charge in [0.05, 0.1) is 19.7 Å². The lowest BCUT2D eigenvalue weighted by Crippen LogP contribution is -2.27. The first-order valence-corrected chi connectivity index (χ1v) is 8.86.